The molecule has 2 aromatic rings. The highest BCUT2D eigenvalue weighted by atomic mass is 35.5. The highest BCUT2D eigenvalue weighted by Gasteiger charge is 2.32. The first-order valence-electron chi connectivity index (χ1n) is 9.06. The van der Waals surface area contributed by atoms with Gasteiger partial charge in [0.25, 0.3) is 5.91 Å². The van der Waals surface area contributed by atoms with Gasteiger partial charge in [-0.25, -0.2) is 0 Å². The third-order valence-corrected chi connectivity index (χ3v) is 5.26. The van der Waals surface area contributed by atoms with Crippen LogP contribution in [-0.2, 0) is 17.8 Å². The van der Waals surface area contributed by atoms with Crippen LogP contribution >= 0.6 is 12.4 Å². The zero-order valence-corrected chi connectivity index (χ0v) is 16.1. The third kappa shape index (κ3) is 3.73. The van der Waals surface area contributed by atoms with Crippen LogP contribution in [0.3, 0.4) is 0 Å². The van der Waals surface area contributed by atoms with E-state index in [9.17, 15) is 9.59 Å². The number of para-hydroxylation sites is 1. The number of carbonyl (C=O) groups is 2. The van der Waals surface area contributed by atoms with Gasteiger partial charge in [0.2, 0.25) is 5.91 Å². The maximum absolute atomic E-state index is 12.9. The molecule has 0 radical (unpaired) electrons. The van der Waals surface area contributed by atoms with Gasteiger partial charge < -0.3 is 19.5 Å². The number of nitrogens with zero attached hydrogens (tertiary/aromatic N) is 2. The van der Waals surface area contributed by atoms with Crippen LogP contribution in [0.2, 0.25) is 0 Å². The van der Waals surface area contributed by atoms with Crippen LogP contribution in [0.4, 0.5) is 5.69 Å². The van der Waals surface area contributed by atoms with Crippen LogP contribution in [0.5, 0.6) is 0 Å². The van der Waals surface area contributed by atoms with Crippen LogP contribution in [0.15, 0.2) is 41.0 Å². The third-order valence-electron chi connectivity index (χ3n) is 5.26. The number of rotatable bonds is 5. The number of fused-ring (bicyclic) bond motifs is 1. The molecule has 1 aromatic carbocycles. The first kappa shape index (κ1) is 19.5. The van der Waals surface area contributed by atoms with Crippen molar-refractivity contribution in [2.24, 2.45) is 5.92 Å². The molecule has 1 atom stereocenters. The first-order valence-corrected chi connectivity index (χ1v) is 9.06. The molecule has 1 N–H and O–H groups in total. The van der Waals surface area contributed by atoms with Gasteiger partial charge in [-0.05, 0) is 43.6 Å². The topological polar surface area (TPSA) is 65.8 Å². The molecule has 0 aliphatic carbocycles. The molecule has 2 aliphatic heterocycles. The summed E-state index contributed by atoms with van der Waals surface area (Å²) in [6.45, 7) is 2.76. The van der Waals surface area contributed by atoms with Crippen LogP contribution in [0, 0.1) is 5.92 Å². The Morgan fingerprint density at radius 2 is 2.11 bits per heavy atom. The molecule has 1 fully saturated rings. The second kappa shape index (κ2) is 8.15. The van der Waals surface area contributed by atoms with Crippen molar-refractivity contribution < 1.29 is 14.0 Å². The summed E-state index contributed by atoms with van der Waals surface area (Å²) in [5.74, 6) is 0.811. The molecule has 1 aromatic heterocycles. The number of nitrogens with one attached hydrogen (secondary N) is 1. The van der Waals surface area contributed by atoms with Crippen molar-refractivity contribution in [1.82, 2.24) is 10.2 Å². The lowest BCUT2D eigenvalue weighted by atomic mass is 10.1. The van der Waals surface area contributed by atoms with E-state index in [-0.39, 0.29) is 24.2 Å². The average molecular weight is 390 g/mol. The minimum Gasteiger partial charge on any atom is -0.459 e. The van der Waals surface area contributed by atoms with E-state index in [1.807, 2.05) is 36.2 Å². The maximum atomic E-state index is 12.9. The molecule has 2 aliphatic rings. The number of hydrogen-bond acceptors (Lipinski definition) is 4. The summed E-state index contributed by atoms with van der Waals surface area (Å²) in [7, 11) is 1.93. The minimum atomic E-state index is -0.0801. The summed E-state index contributed by atoms with van der Waals surface area (Å²) < 4.78 is 5.52. The lowest BCUT2D eigenvalue weighted by molar-refractivity contribution is -0.117. The van der Waals surface area contributed by atoms with E-state index in [1.54, 1.807) is 11.0 Å². The minimum absolute atomic E-state index is 0. The second-order valence-corrected chi connectivity index (χ2v) is 7.02. The zero-order valence-electron chi connectivity index (χ0n) is 15.3. The van der Waals surface area contributed by atoms with Crippen molar-refractivity contribution in [2.45, 2.75) is 19.4 Å². The molecule has 2 amide bonds. The van der Waals surface area contributed by atoms with Gasteiger partial charge in [0.05, 0.1) is 19.2 Å². The fourth-order valence-electron chi connectivity index (χ4n) is 3.92. The van der Waals surface area contributed by atoms with Crippen molar-refractivity contribution >= 4 is 29.9 Å². The molecule has 0 saturated carbocycles. The average Bonchev–Trinajstić information content (AvgIpc) is 3.35. The van der Waals surface area contributed by atoms with E-state index >= 15 is 0 Å². The lowest BCUT2D eigenvalue weighted by Crippen LogP contribution is -2.32. The Balaban J connectivity index is 0.00000210. The van der Waals surface area contributed by atoms with Gasteiger partial charge in [-0.3, -0.25) is 9.59 Å². The predicted molar refractivity (Wildman–Crippen MR) is 105 cm³/mol. The highest BCUT2D eigenvalue weighted by Crippen LogP contribution is 2.31. The van der Waals surface area contributed by atoms with E-state index in [0.717, 1.165) is 42.9 Å². The van der Waals surface area contributed by atoms with Crippen molar-refractivity contribution in [3.63, 3.8) is 0 Å². The highest BCUT2D eigenvalue weighted by molar-refractivity contribution is 6.01. The second-order valence-electron chi connectivity index (χ2n) is 7.02. The standard InChI is InChI=1S/C20H23N3O3.ClH/c1-21-11-14-6-8-22(12-14)20(25)19-16(7-9-26-19)13-23-17-5-3-2-4-15(17)10-18(23)24;/h2-5,7,9,14,21H,6,8,10-13H2,1H3;1H. The fourth-order valence-corrected chi connectivity index (χ4v) is 3.92. The van der Waals surface area contributed by atoms with Crippen LogP contribution in [0.25, 0.3) is 0 Å². The molecule has 27 heavy (non-hydrogen) atoms. The number of carbonyl (C=O) groups excluding carboxylic acids is 2. The first-order chi connectivity index (χ1) is 12.7. The Bertz CT molecular complexity index is 835. The molecular formula is C20H24ClN3O3. The van der Waals surface area contributed by atoms with Crippen LogP contribution < -0.4 is 10.2 Å². The SMILES string of the molecule is CNCC1CCN(C(=O)c2occc2CN2C(=O)Cc3ccccc32)C1.Cl. The zero-order chi connectivity index (χ0) is 18.1. The number of hydrogen-bond donors (Lipinski definition) is 1. The van der Waals surface area contributed by atoms with E-state index in [4.69, 9.17) is 4.42 Å². The number of amides is 2. The number of likely N-dealkylation sites (tertiary alicyclic amines) is 1. The smallest absolute Gasteiger partial charge is 0.289 e. The number of halogens is 1. The monoisotopic (exact) mass is 389 g/mol. The lowest BCUT2D eigenvalue weighted by Gasteiger charge is -2.19. The molecule has 0 spiro atoms. The Kier molecular flexibility index (Phi) is 5.87. The van der Waals surface area contributed by atoms with Crippen molar-refractivity contribution in [3.05, 3.63) is 53.5 Å². The Morgan fingerprint density at radius 3 is 2.93 bits per heavy atom. The van der Waals surface area contributed by atoms with Gasteiger partial charge in [-0.1, -0.05) is 18.2 Å². The molecule has 1 unspecified atom stereocenters. The van der Waals surface area contributed by atoms with Crippen molar-refractivity contribution in [2.75, 3.05) is 31.6 Å². The maximum Gasteiger partial charge on any atom is 0.289 e. The van der Waals surface area contributed by atoms with Gasteiger partial charge in [0.15, 0.2) is 5.76 Å². The predicted octanol–water partition coefficient (Wildman–Crippen LogP) is 2.47. The molecule has 4 rings (SSSR count). The van der Waals surface area contributed by atoms with E-state index in [0.29, 0.717) is 24.6 Å². The summed E-state index contributed by atoms with van der Waals surface area (Å²) in [4.78, 5) is 28.9. The molecule has 1 saturated heterocycles. The summed E-state index contributed by atoms with van der Waals surface area (Å²) in [6, 6.07) is 9.59. The van der Waals surface area contributed by atoms with E-state index < -0.39 is 0 Å². The summed E-state index contributed by atoms with van der Waals surface area (Å²) in [6.07, 6.45) is 2.95. The Hall–Kier alpha value is -2.31. The molecular weight excluding hydrogens is 366 g/mol. The molecule has 6 nitrogen and oxygen atoms in total. The van der Waals surface area contributed by atoms with Gasteiger partial charge in [0.1, 0.15) is 0 Å². The van der Waals surface area contributed by atoms with E-state index in [1.165, 1.54) is 6.26 Å². The van der Waals surface area contributed by atoms with Crippen molar-refractivity contribution in [1.29, 1.82) is 0 Å². The van der Waals surface area contributed by atoms with Crippen LogP contribution in [0.1, 0.15) is 28.1 Å². The van der Waals surface area contributed by atoms with Gasteiger partial charge in [0, 0.05) is 24.3 Å². The fraction of sp³-hybridized carbons (Fsp3) is 0.400. The molecule has 144 valence electrons. The molecule has 7 heteroatoms. The van der Waals surface area contributed by atoms with Gasteiger partial charge in [-0.2, -0.15) is 0 Å². The number of anilines is 1. The van der Waals surface area contributed by atoms with Crippen LogP contribution in [-0.4, -0.2) is 43.4 Å². The number of furan rings is 1. The van der Waals surface area contributed by atoms with Gasteiger partial charge in [-0.15, -0.1) is 12.4 Å². The molecule has 3 heterocycles. The van der Waals surface area contributed by atoms with Gasteiger partial charge >= 0.3 is 0 Å². The summed E-state index contributed by atoms with van der Waals surface area (Å²) in [5.41, 5.74) is 2.72. The quantitative estimate of drug-likeness (QED) is 0.853. The largest absolute Gasteiger partial charge is 0.459 e. The Morgan fingerprint density at radius 1 is 1.30 bits per heavy atom. The molecule has 0 bridgehead atoms. The Labute approximate surface area is 164 Å². The van der Waals surface area contributed by atoms with Crippen molar-refractivity contribution in [3.8, 4) is 0 Å². The summed E-state index contributed by atoms with van der Waals surface area (Å²) in [5, 5.41) is 3.17. The number of benzene rings is 1. The summed E-state index contributed by atoms with van der Waals surface area (Å²) >= 11 is 0. The van der Waals surface area contributed by atoms with E-state index in [2.05, 4.69) is 5.32 Å². The normalized spacial score (nSPS) is 18.6.